The lowest BCUT2D eigenvalue weighted by molar-refractivity contribution is 0.609. The summed E-state index contributed by atoms with van der Waals surface area (Å²) in [5.41, 5.74) is 1.42. The van der Waals surface area contributed by atoms with Crippen molar-refractivity contribution in [2.75, 3.05) is 12.3 Å². The third-order valence-electron chi connectivity index (χ3n) is 3.25. The zero-order valence-corrected chi connectivity index (χ0v) is 12.8. The van der Waals surface area contributed by atoms with E-state index in [2.05, 4.69) is 68.6 Å². The van der Waals surface area contributed by atoms with E-state index in [-0.39, 0.29) is 0 Å². The predicted molar refractivity (Wildman–Crippen MR) is 88.0 cm³/mol. The van der Waals surface area contributed by atoms with Crippen molar-refractivity contribution < 1.29 is 0 Å². The summed E-state index contributed by atoms with van der Waals surface area (Å²) in [4.78, 5) is 0. The van der Waals surface area contributed by atoms with Gasteiger partial charge in [0.2, 0.25) is 0 Å². The molecule has 0 aromatic heterocycles. The standard InChI is InChI=1S/C17H23NS/c1-4-18-17(12-19-13(2)3)16-11-7-9-14-8-5-6-10-15(14)16/h5-11,13,17-18H,4,12H2,1-3H3. The van der Waals surface area contributed by atoms with E-state index in [9.17, 15) is 0 Å². The van der Waals surface area contributed by atoms with Crippen LogP contribution in [0.3, 0.4) is 0 Å². The second-order valence-electron chi connectivity index (χ2n) is 5.06. The summed E-state index contributed by atoms with van der Waals surface area (Å²) in [7, 11) is 0. The fourth-order valence-corrected chi connectivity index (χ4v) is 3.22. The van der Waals surface area contributed by atoms with Gasteiger partial charge in [0.25, 0.3) is 0 Å². The second-order valence-corrected chi connectivity index (χ2v) is 6.67. The number of hydrogen-bond acceptors (Lipinski definition) is 2. The van der Waals surface area contributed by atoms with Gasteiger partial charge in [0.1, 0.15) is 0 Å². The Balaban J connectivity index is 2.32. The Morgan fingerprint density at radius 3 is 2.53 bits per heavy atom. The van der Waals surface area contributed by atoms with Gasteiger partial charge in [-0.05, 0) is 28.1 Å². The molecule has 0 saturated carbocycles. The molecule has 2 aromatic rings. The number of nitrogens with one attached hydrogen (secondary N) is 1. The van der Waals surface area contributed by atoms with Crippen molar-refractivity contribution in [1.29, 1.82) is 0 Å². The van der Waals surface area contributed by atoms with Crippen LogP contribution in [0.4, 0.5) is 0 Å². The zero-order chi connectivity index (χ0) is 13.7. The lowest BCUT2D eigenvalue weighted by Gasteiger charge is -2.21. The summed E-state index contributed by atoms with van der Waals surface area (Å²) in [6, 6.07) is 15.7. The van der Waals surface area contributed by atoms with E-state index in [1.54, 1.807) is 0 Å². The van der Waals surface area contributed by atoms with Crippen molar-refractivity contribution in [3.8, 4) is 0 Å². The van der Waals surface area contributed by atoms with Crippen LogP contribution in [0.5, 0.6) is 0 Å². The molecule has 1 N–H and O–H groups in total. The van der Waals surface area contributed by atoms with Gasteiger partial charge in [0, 0.05) is 11.8 Å². The number of rotatable bonds is 6. The van der Waals surface area contributed by atoms with Gasteiger partial charge in [-0.1, -0.05) is 63.2 Å². The van der Waals surface area contributed by atoms with Crippen LogP contribution in [0.15, 0.2) is 42.5 Å². The quantitative estimate of drug-likeness (QED) is 0.823. The first-order chi connectivity index (χ1) is 9.22. The predicted octanol–water partition coefficient (Wildman–Crippen LogP) is 4.63. The minimum Gasteiger partial charge on any atom is -0.309 e. The van der Waals surface area contributed by atoms with Crippen LogP contribution in [0, 0.1) is 0 Å². The monoisotopic (exact) mass is 273 g/mol. The molecule has 1 unspecified atom stereocenters. The minimum atomic E-state index is 0.434. The molecule has 0 heterocycles. The molecule has 0 fully saturated rings. The summed E-state index contributed by atoms with van der Waals surface area (Å²) < 4.78 is 0. The van der Waals surface area contributed by atoms with Gasteiger partial charge < -0.3 is 5.32 Å². The molecule has 19 heavy (non-hydrogen) atoms. The lowest BCUT2D eigenvalue weighted by Crippen LogP contribution is -2.23. The first-order valence-electron chi connectivity index (χ1n) is 7.05. The molecule has 2 rings (SSSR count). The fraction of sp³-hybridized carbons (Fsp3) is 0.412. The largest absolute Gasteiger partial charge is 0.309 e. The summed E-state index contributed by atoms with van der Waals surface area (Å²) in [6.45, 7) is 7.71. The van der Waals surface area contributed by atoms with Crippen LogP contribution >= 0.6 is 11.8 Å². The molecule has 0 saturated heterocycles. The fourth-order valence-electron chi connectivity index (χ4n) is 2.35. The zero-order valence-electron chi connectivity index (χ0n) is 12.0. The SMILES string of the molecule is CCNC(CSC(C)C)c1cccc2ccccc12. The normalized spacial score (nSPS) is 13.1. The van der Waals surface area contributed by atoms with Gasteiger partial charge in [-0.2, -0.15) is 11.8 Å². The topological polar surface area (TPSA) is 12.0 Å². The van der Waals surface area contributed by atoms with Gasteiger partial charge in [-0.15, -0.1) is 0 Å². The van der Waals surface area contributed by atoms with E-state index in [1.165, 1.54) is 16.3 Å². The van der Waals surface area contributed by atoms with E-state index >= 15 is 0 Å². The lowest BCUT2D eigenvalue weighted by atomic mass is 9.99. The van der Waals surface area contributed by atoms with Crippen molar-refractivity contribution >= 4 is 22.5 Å². The molecule has 0 aliphatic heterocycles. The highest BCUT2D eigenvalue weighted by Gasteiger charge is 2.13. The molecule has 0 spiro atoms. The molecule has 0 bridgehead atoms. The third-order valence-corrected chi connectivity index (χ3v) is 4.44. The highest BCUT2D eigenvalue weighted by atomic mass is 32.2. The average Bonchev–Trinajstić information content (AvgIpc) is 2.43. The molecule has 102 valence electrons. The van der Waals surface area contributed by atoms with Crippen molar-refractivity contribution in [3.05, 3.63) is 48.0 Å². The van der Waals surface area contributed by atoms with Crippen LogP contribution in [-0.4, -0.2) is 17.5 Å². The maximum Gasteiger partial charge on any atom is 0.0418 e. The maximum absolute atomic E-state index is 3.63. The molecule has 1 nitrogen and oxygen atoms in total. The number of benzene rings is 2. The molecular weight excluding hydrogens is 250 g/mol. The Labute approximate surface area is 120 Å². The van der Waals surface area contributed by atoms with E-state index in [4.69, 9.17) is 0 Å². The van der Waals surface area contributed by atoms with Crippen LogP contribution in [-0.2, 0) is 0 Å². The van der Waals surface area contributed by atoms with Crippen LogP contribution in [0.25, 0.3) is 10.8 Å². The molecular formula is C17H23NS. The maximum atomic E-state index is 3.63. The molecule has 0 amide bonds. The Morgan fingerprint density at radius 2 is 1.79 bits per heavy atom. The average molecular weight is 273 g/mol. The summed E-state index contributed by atoms with van der Waals surface area (Å²) in [5, 5.41) is 7.01. The van der Waals surface area contributed by atoms with Gasteiger partial charge in [-0.25, -0.2) is 0 Å². The Hall–Kier alpha value is -0.990. The molecule has 0 radical (unpaired) electrons. The van der Waals surface area contributed by atoms with Crippen molar-refractivity contribution in [3.63, 3.8) is 0 Å². The van der Waals surface area contributed by atoms with Gasteiger partial charge in [0.15, 0.2) is 0 Å². The molecule has 0 aliphatic rings. The summed E-state index contributed by atoms with van der Waals surface area (Å²) >= 11 is 2.02. The van der Waals surface area contributed by atoms with Gasteiger partial charge in [-0.3, -0.25) is 0 Å². The van der Waals surface area contributed by atoms with Crippen LogP contribution < -0.4 is 5.32 Å². The van der Waals surface area contributed by atoms with Crippen molar-refractivity contribution in [1.82, 2.24) is 5.32 Å². The first-order valence-corrected chi connectivity index (χ1v) is 8.10. The van der Waals surface area contributed by atoms with Crippen molar-refractivity contribution in [2.45, 2.75) is 32.1 Å². The van der Waals surface area contributed by atoms with Gasteiger partial charge >= 0.3 is 0 Å². The van der Waals surface area contributed by atoms with E-state index in [0.29, 0.717) is 11.3 Å². The Kier molecular flexibility index (Phi) is 5.29. The molecule has 2 heteroatoms. The smallest absolute Gasteiger partial charge is 0.0418 e. The Bertz CT molecular complexity index is 516. The highest BCUT2D eigenvalue weighted by molar-refractivity contribution is 7.99. The number of fused-ring (bicyclic) bond motifs is 1. The van der Waals surface area contributed by atoms with E-state index in [0.717, 1.165) is 12.3 Å². The van der Waals surface area contributed by atoms with Crippen LogP contribution in [0.2, 0.25) is 0 Å². The van der Waals surface area contributed by atoms with Crippen molar-refractivity contribution in [2.24, 2.45) is 0 Å². The van der Waals surface area contributed by atoms with E-state index in [1.807, 2.05) is 11.8 Å². The number of thioether (sulfide) groups is 1. The molecule has 2 aromatic carbocycles. The minimum absolute atomic E-state index is 0.434. The molecule has 1 atom stereocenters. The van der Waals surface area contributed by atoms with Gasteiger partial charge in [0.05, 0.1) is 0 Å². The molecule has 0 aliphatic carbocycles. The summed E-state index contributed by atoms with van der Waals surface area (Å²) in [5.74, 6) is 1.12. The number of hydrogen-bond donors (Lipinski definition) is 1. The van der Waals surface area contributed by atoms with Crippen LogP contribution in [0.1, 0.15) is 32.4 Å². The highest BCUT2D eigenvalue weighted by Crippen LogP contribution is 2.27. The Morgan fingerprint density at radius 1 is 1.05 bits per heavy atom. The van der Waals surface area contributed by atoms with E-state index < -0.39 is 0 Å². The summed E-state index contributed by atoms with van der Waals surface area (Å²) in [6.07, 6.45) is 0. The third kappa shape index (κ3) is 3.74. The second kappa shape index (κ2) is 6.97. The first kappa shape index (κ1) is 14.4.